The number of halogens is 4. The molecular weight excluding hydrogens is 253 g/mol. The molecule has 0 aromatic carbocycles. The number of nitrogens with zero attached hydrogens (tertiary/aromatic N) is 1. The van der Waals surface area contributed by atoms with Crippen molar-refractivity contribution in [3.8, 4) is 0 Å². The first-order chi connectivity index (χ1) is 7.98. The van der Waals surface area contributed by atoms with Crippen LogP contribution in [0.25, 0.3) is 0 Å². The highest BCUT2D eigenvalue weighted by atomic mass is 35.5. The van der Waals surface area contributed by atoms with E-state index >= 15 is 0 Å². The van der Waals surface area contributed by atoms with Crippen LogP contribution in [0.3, 0.4) is 0 Å². The number of hydrogen-bond acceptors (Lipinski definition) is 2. The summed E-state index contributed by atoms with van der Waals surface area (Å²) in [5, 5.41) is 2.70. The Morgan fingerprint density at radius 2 is 1.94 bits per heavy atom. The van der Waals surface area contributed by atoms with Crippen LogP contribution >= 0.6 is 11.6 Å². The van der Waals surface area contributed by atoms with Gasteiger partial charge >= 0.3 is 6.18 Å². The summed E-state index contributed by atoms with van der Waals surface area (Å²) in [5.74, 6) is 0.141. The molecular formula is C11H12ClF3N2. The summed E-state index contributed by atoms with van der Waals surface area (Å²) < 4.78 is 38.0. The second-order valence-corrected chi connectivity index (χ2v) is 4.49. The lowest BCUT2D eigenvalue weighted by Gasteiger charge is -2.23. The van der Waals surface area contributed by atoms with Gasteiger partial charge in [0.15, 0.2) is 0 Å². The standard InChI is InChI=1S/C11H12ClF3N2/c12-10-9(11(13,14)15)5-8(6-17-10)7-1-3-16-4-2-7/h5-7,16H,1-4H2. The van der Waals surface area contributed by atoms with Gasteiger partial charge in [0.2, 0.25) is 0 Å². The second-order valence-electron chi connectivity index (χ2n) is 4.13. The van der Waals surface area contributed by atoms with Crippen LogP contribution in [0.5, 0.6) is 0 Å². The van der Waals surface area contributed by atoms with Crippen molar-refractivity contribution in [1.82, 2.24) is 10.3 Å². The van der Waals surface area contributed by atoms with Crippen molar-refractivity contribution in [2.24, 2.45) is 0 Å². The predicted molar refractivity (Wildman–Crippen MR) is 59.1 cm³/mol. The molecule has 0 amide bonds. The van der Waals surface area contributed by atoms with Gasteiger partial charge in [0.25, 0.3) is 0 Å². The van der Waals surface area contributed by atoms with Gasteiger partial charge in [0.1, 0.15) is 5.15 Å². The molecule has 2 nitrogen and oxygen atoms in total. The average molecular weight is 265 g/mol. The van der Waals surface area contributed by atoms with E-state index in [4.69, 9.17) is 11.6 Å². The lowest BCUT2D eigenvalue weighted by Crippen LogP contribution is -2.26. The van der Waals surface area contributed by atoms with Crippen molar-refractivity contribution in [2.45, 2.75) is 24.9 Å². The molecule has 1 N–H and O–H groups in total. The quantitative estimate of drug-likeness (QED) is 0.788. The van der Waals surface area contributed by atoms with Gasteiger partial charge in [-0.1, -0.05) is 11.6 Å². The van der Waals surface area contributed by atoms with E-state index in [-0.39, 0.29) is 5.92 Å². The number of nitrogens with one attached hydrogen (secondary N) is 1. The van der Waals surface area contributed by atoms with Gasteiger partial charge in [0, 0.05) is 6.20 Å². The van der Waals surface area contributed by atoms with Gasteiger partial charge in [-0.05, 0) is 43.5 Å². The van der Waals surface area contributed by atoms with Crippen LogP contribution in [0.4, 0.5) is 13.2 Å². The van der Waals surface area contributed by atoms with Gasteiger partial charge in [-0.25, -0.2) is 4.98 Å². The maximum absolute atomic E-state index is 12.7. The summed E-state index contributed by atoms with van der Waals surface area (Å²) in [6.07, 6.45) is -1.32. The zero-order valence-corrected chi connectivity index (χ0v) is 9.78. The van der Waals surface area contributed by atoms with Crippen molar-refractivity contribution >= 4 is 11.6 Å². The summed E-state index contributed by atoms with van der Waals surface area (Å²) in [6, 6.07) is 1.13. The topological polar surface area (TPSA) is 24.9 Å². The van der Waals surface area contributed by atoms with Crippen LogP contribution in [-0.4, -0.2) is 18.1 Å². The van der Waals surface area contributed by atoms with Crippen molar-refractivity contribution in [1.29, 1.82) is 0 Å². The maximum atomic E-state index is 12.7. The van der Waals surface area contributed by atoms with E-state index in [1.165, 1.54) is 6.20 Å². The molecule has 0 spiro atoms. The molecule has 0 saturated carbocycles. The Hall–Kier alpha value is -0.810. The summed E-state index contributed by atoms with van der Waals surface area (Å²) >= 11 is 5.48. The normalized spacial score (nSPS) is 18.4. The summed E-state index contributed by atoms with van der Waals surface area (Å²) in [4.78, 5) is 3.65. The highest BCUT2D eigenvalue weighted by molar-refractivity contribution is 6.30. The Morgan fingerprint density at radius 3 is 2.53 bits per heavy atom. The molecule has 17 heavy (non-hydrogen) atoms. The zero-order valence-electron chi connectivity index (χ0n) is 9.02. The summed E-state index contributed by atoms with van der Waals surface area (Å²) in [7, 11) is 0. The highest BCUT2D eigenvalue weighted by Gasteiger charge is 2.34. The molecule has 2 heterocycles. The molecule has 0 atom stereocenters. The number of rotatable bonds is 1. The van der Waals surface area contributed by atoms with E-state index in [0.29, 0.717) is 5.56 Å². The fraction of sp³-hybridized carbons (Fsp3) is 0.545. The Bertz CT molecular complexity index is 400. The Balaban J connectivity index is 2.30. The fourth-order valence-electron chi connectivity index (χ4n) is 2.04. The largest absolute Gasteiger partial charge is 0.419 e. The average Bonchev–Trinajstić information content (AvgIpc) is 2.29. The number of pyridine rings is 1. The molecule has 1 fully saturated rings. The minimum Gasteiger partial charge on any atom is -0.317 e. The lowest BCUT2D eigenvalue weighted by atomic mass is 9.91. The van der Waals surface area contributed by atoms with E-state index < -0.39 is 16.9 Å². The molecule has 6 heteroatoms. The minimum atomic E-state index is -4.44. The van der Waals surface area contributed by atoms with Crippen LogP contribution in [0.15, 0.2) is 12.3 Å². The number of aromatic nitrogens is 1. The molecule has 94 valence electrons. The first-order valence-corrected chi connectivity index (χ1v) is 5.79. The van der Waals surface area contributed by atoms with Crippen LogP contribution in [-0.2, 0) is 6.18 Å². The van der Waals surface area contributed by atoms with E-state index in [1.807, 2.05) is 0 Å². The molecule has 1 aliphatic rings. The third kappa shape index (κ3) is 2.90. The fourth-order valence-corrected chi connectivity index (χ4v) is 2.25. The Morgan fingerprint density at radius 1 is 1.29 bits per heavy atom. The molecule has 1 aliphatic heterocycles. The summed E-state index contributed by atoms with van der Waals surface area (Å²) in [5.41, 5.74) is -0.210. The maximum Gasteiger partial charge on any atom is 0.419 e. The molecule has 1 aromatic rings. The van der Waals surface area contributed by atoms with Gasteiger partial charge in [-0.3, -0.25) is 0 Å². The second kappa shape index (κ2) is 4.82. The van der Waals surface area contributed by atoms with E-state index in [1.54, 1.807) is 0 Å². The highest BCUT2D eigenvalue weighted by Crippen LogP contribution is 2.36. The third-order valence-electron chi connectivity index (χ3n) is 2.98. The smallest absolute Gasteiger partial charge is 0.317 e. The third-order valence-corrected chi connectivity index (χ3v) is 3.28. The Labute approximate surface area is 102 Å². The van der Waals surface area contributed by atoms with E-state index in [2.05, 4.69) is 10.3 Å². The van der Waals surface area contributed by atoms with Crippen molar-refractivity contribution in [3.05, 3.63) is 28.5 Å². The summed E-state index contributed by atoms with van der Waals surface area (Å²) in [6.45, 7) is 1.66. The molecule has 0 bridgehead atoms. The number of alkyl halides is 3. The Kier molecular flexibility index (Phi) is 3.58. The van der Waals surface area contributed by atoms with Crippen molar-refractivity contribution in [2.75, 3.05) is 13.1 Å². The minimum absolute atomic E-state index is 0.141. The number of hydrogen-bond donors (Lipinski definition) is 1. The van der Waals surface area contributed by atoms with E-state index in [9.17, 15) is 13.2 Å². The molecule has 1 saturated heterocycles. The van der Waals surface area contributed by atoms with Gasteiger partial charge in [-0.15, -0.1) is 0 Å². The van der Waals surface area contributed by atoms with Gasteiger partial charge in [0.05, 0.1) is 5.56 Å². The van der Waals surface area contributed by atoms with E-state index in [0.717, 1.165) is 32.0 Å². The van der Waals surface area contributed by atoms with Crippen LogP contribution in [0, 0.1) is 0 Å². The molecule has 0 radical (unpaired) electrons. The van der Waals surface area contributed by atoms with Crippen LogP contribution in [0.1, 0.15) is 29.9 Å². The van der Waals surface area contributed by atoms with Crippen LogP contribution < -0.4 is 5.32 Å². The zero-order chi connectivity index (χ0) is 12.5. The SMILES string of the molecule is FC(F)(F)c1cc(C2CCNCC2)cnc1Cl. The first-order valence-electron chi connectivity index (χ1n) is 5.42. The van der Waals surface area contributed by atoms with Gasteiger partial charge < -0.3 is 5.32 Å². The first kappa shape index (κ1) is 12.6. The van der Waals surface area contributed by atoms with Crippen LogP contribution in [0.2, 0.25) is 5.15 Å². The van der Waals surface area contributed by atoms with Crippen molar-refractivity contribution in [3.63, 3.8) is 0 Å². The molecule has 0 aliphatic carbocycles. The van der Waals surface area contributed by atoms with Gasteiger partial charge in [-0.2, -0.15) is 13.2 Å². The molecule has 1 aromatic heterocycles. The number of piperidine rings is 1. The lowest BCUT2D eigenvalue weighted by molar-refractivity contribution is -0.137. The molecule has 2 rings (SSSR count). The van der Waals surface area contributed by atoms with Crippen molar-refractivity contribution < 1.29 is 13.2 Å². The monoisotopic (exact) mass is 264 g/mol. The predicted octanol–water partition coefficient (Wildman–Crippen LogP) is 3.22. The molecule has 0 unspecified atom stereocenters.